The second-order valence-corrected chi connectivity index (χ2v) is 0. The first-order valence-electron chi connectivity index (χ1n) is 0.333. The molecule has 0 aromatic carbocycles. The summed E-state index contributed by atoms with van der Waals surface area (Å²) in [6.45, 7) is 0. The molecule has 0 rings (SSSR count). The average Bonchev–Trinajstić information content (AvgIpc) is 1.00. The molecule has 0 nitrogen and oxygen atoms in total. The molecule has 0 fully saturated rings. The molecule has 0 aromatic rings. The van der Waals surface area contributed by atoms with E-state index in [2.05, 4.69) is 7.57 Å². The topological polar surface area (TPSA) is 0 Å². The van der Waals surface area contributed by atoms with E-state index in [0.29, 0.717) is 0 Å². The number of hydrogen-bond acceptors (Lipinski definition) is 0. The summed E-state index contributed by atoms with van der Waals surface area (Å²) in [5, 5.41) is 0. The van der Waals surface area contributed by atoms with Gasteiger partial charge in [-0.1, -0.05) is 0 Å². The van der Waals surface area contributed by atoms with Gasteiger partial charge in [-0.25, -0.2) is 0 Å². The molecule has 0 aromatic heterocycles. The van der Waals surface area contributed by atoms with Crippen LogP contribution in [-0.2, 0) is 52.7 Å². The Morgan fingerprint density at radius 1 is 1.20 bits per heavy atom. The van der Waals surface area contributed by atoms with E-state index >= 15 is 0 Å². The van der Waals surface area contributed by atoms with Crippen LogP contribution in [-0.4, -0.2) is 7.57 Å². The summed E-state index contributed by atoms with van der Waals surface area (Å²) in [6.07, 6.45) is 0. The molecule has 0 bridgehead atoms. The van der Waals surface area contributed by atoms with Crippen molar-refractivity contribution in [3.63, 3.8) is 0 Å². The minimum absolute atomic E-state index is 0. The largest absolute Gasteiger partial charge is 0.187 e. The Bertz CT molecular complexity index is 11.6. The molecule has 0 aliphatic carbocycles. The Hall–Kier alpha value is 2.12. The second-order valence-electron chi connectivity index (χ2n) is 0. The first kappa shape index (κ1) is 27.4. The van der Waals surface area contributed by atoms with Crippen LogP contribution >= 0.6 is 9.12 Å². The smallest absolute Gasteiger partial charge is 0.0996 e. The van der Waals surface area contributed by atoms with Gasteiger partial charge in [0.25, 0.3) is 0 Å². The minimum atomic E-state index is 0. The van der Waals surface area contributed by atoms with E-state index in [9.17, 15) is 0 Å². The Labute approximate surface area is 69.1 Å². The third-order valence-electron chi connectivity index (χ3n) is 0. The fraction of sp³-hybridized carbons (Fsp3) is 0. The zero-order chi connectivity index (χ0) is 2.00. The van der Waals surface area contributed by atoms with Crippen molar-refractivity contribution in [1.29, 1.82) is 0 Å². The maximum atomic E-state index is 4.42. The molecule has 0 heterocycles. The van der Waals surface area contributed by atoms with Crippen molar-refractivity contribution in [2.24, 2.45) is 0 Å². The fourth-order valence-electron chi connectivity index (χ4n) is 0. The van der Waals surface area contributed by atoms with Gasteiger partial charge in [0.2, 0.25) is 0 Å². The Morgan fingerprint density at radius 3 is 1.20 bits per heavy atom. The fourth-order valence-corrected chi connectivity index (χ4v) is 0. The zero-order valence-electron chi connectivity index (χ0n) is 2.51. The van der Waals surface area contributed by atoms with E-state index in [0.717, 1.165) is 0 Å². The Balaban J connectivity index is -0.00000000167. The molecule has 5 heteroatoms. The van der Waals surface area contributed by atoms with Gasteiger partial charge in [-0.05, 0) is 0 Å². The summed E-state index contributed by atoms with van der Waals surface area (Å²) in [4.78, 5) is 0. The molecule has 1 unspecified atom stereocenters. The van der Waals surface area contributed by atoms with Gasteiger partial charge in [0.15, 0.2) is 0 Å². The van der Waals surface area contributed by atoms with Crippen LogP contribution in [0.1, 0.15) is 0 Å². The van der Waals surface area contributed by atoms with Crippen molar-refractivity contribution in [3.8, 4) is 0 Å². The molecule has 0 saturated carbocycles. The van der Waals surface area contributed by atoms with Crippen molar-refractivity contribution < 1.29 is 52.7 Å². The Morgan fingerprint density at radius 2 is 1.20 bits per heavy atom. The van der Waals surface area contributed by atoms with Crippen LogP contribution in [0.5, 0.6) is 0 Å². The van der Waals surface area contributed by atoms with Gasteiger partial charge >= 0.3 is 0 Å². The zero-order valence-corrected chi connectivity index (χ0v) is 8.66. The van der Waals surface area contributed by atoms with Gasteiger partial charge in [0, 0.05) is 52.7 Å². The molecular formula is H2BCoNiPZn. The van der Waals surface area contributed by atoms with E-state index in [1.807, 2.05) is 9.12 Å². The molecule has 0 aliphatic heterocycles. The third-order valence-corrected chi connectivity index (χ3v) is 0. The van der Waals surface area contributed by atoms with Crippen LogP contribution < -0.4 is 0 Å². The van der Waals surface area contributed by atoms with Gasteiger partial charge < -0.3 is 0 Å². The van der Waals surface area contributed by atoms with Crippen molar-refractivity contribution in [2.45, 2.75) is 0 Å². The minimum Gasteiger partial charge on any atom is -0.187 e. The summed E-state index contributed by atoms with van der Waals surface area (Å²) in [5.41, 5.74) is 0. The van der Waals surface area contributed by atoms with Gasteiger partial charge in [0.1, 0.15) is 0 Å². The second kappa shape index (κ2) is 35.7. The summed E-state index contributed by atoms with van der Waals surface area (Å²) in [6, 6.07) is 0. The third kappa shape index (κ3) is 23.1. The summed E-state index contributed by atoms with van der Waals surface area (Å²) >= 11 is 0. The molecule has 0 spiro atoms. The molecular weight excluding hydrogens is 225 g/mol. The summed E-state index contributed by atoms with van der Waals surface area (Å²) in [5.74, 6) is 0. The average molecular weight is 227 g/mol. The first-order valence-corrected chi connectivity index (χ1v) is 1.00. The van der Waals surface area contributed by atoms with E-state index < -0.39 is 0 Å². The summed E-state index contributed by atoms with van der Waals surface area (Å²) < 4.78 is 0. The van der Waals surface area contributed by atoms with Crippen LogP contribution in [0.25, 0.3) is 0 Å². The van der Waals surface area contributed by atoms with Gasteiger partial charge in [-0.2, -0.15) is 9.12 Å². The van der Waals surface area contributed by atoms with Crippen molar-refractivity contribution >= 4 is 16.7 Å². The van der Waals surface area contributed by atoms with Gasteiger partial charge in [0.05, 0.1) is 7.57 Å². The molecule has 0 saturated heterocycles. The molecule has 3 radical (unpaired) electrons. The number of rotatable bonds is 0. The quantitative estimate of drug-likeness (QED) is 0.401. The predicted octanol–water partition coefficient (Wildman–Crippen LogP) is -0.0625. The first-order chi connectivity index (χ1) is 1.00. The van der Waals surface area contributed by atoms with E-state index in [1.165, 1.54) is 0 Å². The summed E-state index contributed by atoms with van der Waals surface area (Å²) in [7, 11) is 6.33. The maximum absolute atomic E-state index is 4.42. The van der Waals surface area contributed by atoms with Crippen LogP contribution in [0.3, 0.4) is 0 Å². The maximum Gasteiger partial charge on any atom is 0.0996 e. The van der Waals surface area contributed by atoms with Gasteiger partial charge in [-0.15, -0.1) is 0 Å². The molecule has 0 aliphatic rings. The molecule has 0 amide bonds. The van der Waals surface area contributed by atoms with Gasteiger partial charge in [-0.3, -0.25) is 0 Å². The van der Waals surface area contributed by atoms with Crippen LogP contribution in [0.15, 0.2) is 0 Å². The molecule has 1 atom stereocenters. The van der Waals surface area contributed by atoms with Crippen molar-refractivity contribution in [1.82, 2.24) is 0 Å². The van der Waals surface area contributed by atoms with E-state index in [4.69, 9.17) is 0 Å². The number of hydrogen-bond donors (Lipinski definition) is 0. The predicted molar refractivity (Wildman–Crippen MR) is 15.5 cm³/mol. The van der Waals surface area contributed by atoms with Crippen LogP contribution in [0, 0.1) is 0 Å². The normalized spacial score (nSPS) is 1.00. The SMILES string of the molecule is [B]P.[Co].[Ni].[Zn]. The molecule has 0 N–H and O–H groups in total. The molecule has 5 heavy (non-hydrogen) atoms. The van der Waals surface area contributed by atoms with E-state index in [1.54, 1.807) is 0 Å². The molecule has 31 valence electrons. The standard InChI is InChI=1S/BH2P.Co.Ni.Zn/c1-2;;;/h2H2;;;. The van der Waals surface area contributed by atoms with Crippen molar-refractivity contribution in [2.75, 3.05) is 0 Å². The van der Waals surface area contributed by atoms with Crippen LogP contribution in [0.2, 0.25) is 0 Å². The monoisotopic (exact) mass is 225 g/mol. The van der Waals surface area contributed by atoms with E-state index in [-0.39, 0.29) is 52.7 Å². The van der Waals surface area contributed by atoms with Crippen molar-refractivity contribution in [3.05, 3.63) is 0 Å². The Kier molecular flexibility index (Phi) is 196. The van der Waals surface area contributed by atoms with Crippen LogP contribution in [0.4, 0.5) is 0 Å².